The molecule has 144 valence electrons. The largest absolute Gasteiger partial charge is 0.492 e. The van der Waals surface area contributed by atoms with Gasteiger partial charge in [0.25, 0.3) is 5.91 Å². The predicted octanol–water partition coefficient (Wildman–Crippen LogP) is 2.66. The van der Waals surface area contributed by atoms with Crippen molar-refractivity contribution in [3.05, 3.63) is 65.7 Å². The first-order chi connectivity index (χ1) is 13.0. The first-order valence-electron chi connectivity index (χ1n) is 9.49. The van der Waals surface area contributed by atoms with Gasteiger partial charge in [-0.1, -0.05) is 49.4 Å². The lowest BCUT2D eigenvalue weighted by Gasteiger charge is -2.41. The maximum absolute atomic E-state index is 13.0. The number of carbonyl (C=O) groups is 1. The van der Waals surface area contributed by atoms with E-state index in [2.05, 4.69) is 0 Å². The lowest BCUT2D eigenvalue weighted by atomic mass is 9.86. The number of rotatable bonds is 6. The Labute approximate surface area is 160 Å². The molecule has 2 atom stereocenters. The van der Waals surface area contributed by atoms with Crippen molar-refractivity contribution in [2.45, 2.75) is 37.9 Å². The van der Waals surface area contributed by atoms with Crippen LogP contribution in [0.2, 0.25) is 0 Å². The zero-order valence-electron chi connectivity index (χ0n) is 15.7. The van der Waals surface area contributed by atoms with Crippen molar-refractivity contribution in [1.82, 2.24) is 4.90 Å². The van der Waals surface area contributed by atoms with Gasteiger partial charge in [-0.15, -0.1) is 0 Å². The van der Waals surface area contributed by atoms with E-state index in [0.29, 0.717) is 37.3 Å². The number of aliphatic hydroxyl groups excluding tert-OH is 1. The number of ether oxygens (including phenoxy) is 1. The lowest BCUT2D eigenvalue weighted by molar-refractivity contribution is -0.114. The fourth-order valence-electron chi connectivity index (χ4n) is 3.43. The summed E-state index contributed by atoms with van der Waals surface area (Å²) in [7, 11) is 0. The summed E-state index contributed by atoms with van der Waals surface area (Å²) in [6.45, 7) is 2.86. The van der Waals surface area contributed by atoms with Crippen LogP contribution in [0.4, 0.5) is 0 Å². The van der Waals surface area contributed by atoms with Gasteiger partial charge in [0.2, 0.25) is 0 Å². The molecule has 5 heteroatoms. The van der Waals surface area contributed by atoms with Gasteiger partial charge in [-0.25, -0.2) is 0 Å². The molecule has 1 amide bonds. The fraction of sp³-hybridized carbons (Fsp3) is 0.409. The summed E-state index contributed by atoms with van der Waals surface area (Å²) in [5.74, 6) is 0.367. The van der Waals surface area contributed by atoms with Crippen molar-refractivity contribution < 1.29 is 19.7 Å². The molecule has 2 N–H and O–H groups in total. The monoisotopic (exact) mass is 369 g/mol. The molecular formula is C22H27NO4. The van der Waals surface area contributed by atoms with Crippen LogP contribution in [0.25, 0.3) is 0 Å². The molecule has 0 saturated carbocycles. The molecule has 1 fully saturated rings. The molecule has 0 aromatic heterocycles. The minimum Gasteiger partial charge on any atom is -0.492 e. The number of benzene rings is 2. The van der Waals surface area contributed by atoms with Crippen molar-refractivity contribution in [1.29, 1.82) is 0 Å². The highest BCUT2D eigenvalue weighted by molar-refractivity contribution is 5.97. The molecule has 2 unspecified atom stereocenters. The summed E-state index contributed by atoms with van der Waals surface area (Å²) in [5, 5.41) is 20.6. The second kappa shape index (κ2) is 8.55. The molecule has 0 radical (unpaired) electrons. The predicted molar refractivity (Wildman–Crippen MR) is 104 cm³/mol. The Morgan fingerprint density at radius 3 is 2.59 bits per heavy atom. The van der Waals surface area contributed by atoms with E-state index in [9.17, 15) is 15.0 Å². The maximum atomic E-state index is 13.0. The third-order valence-electron chi connectivity index (χ3n) is 5.34. The number of likely N-dealkylation sites (tertiary alicyclic amines) is 1. The quantitative estimate of drug-likeness (QED) is 0.821. The maximum Gasteiger partial charge on any atom is 0.257 e. The molecular weight excluding hydrogens is 342 g/mol. The van der Waals surface area contributed by atoms with Crippen LogP contribution in [0.1, 0.15) is 35.7 Å². The van der Waals surface area contributed by atoms with E-state index >= 15 is 0 Å². The second-order valence-corrected chi connectivity index (χ2v) is 7.05. The normalized spacial score (nSPS) is 22.5. The van der Waals surface area contributed by atoms with Gasteiger partial charge in [0.15, 0.2) is 0 Å². The summed E-state index contributed by atoms with van der Waals surface area (Å²) >= 11 is 0. The molecule has 2 aromatic carbocycles. The number of carbonyl (C=O) groups excluding carboxylic acids is 1. The van der Waals surface area contributed by atoms with E-state index < -0.39 is 11.7 Å². The summed E-state index contributed by atoms with van der Waals surface area (Å²) in [6.07, 6.45) is 0.657. The molecule has 0 aliphatic carbocycles. The average molecular weight is 369 g/mol. The molecule has 1 saturated heterocycles. The van der Waals surface area contributed by atoms with Crippen LogP contribution in [0.5, 0.6) is 5.75 Å². The number of nitrogens with zero attached hydrogens (tertiary/aromatic N) is 1. The third kappa shape index (κ3) is 4.49. The lowest BCUT2D eigenvalue weighted by Crippen LogP contribution is -2.56. The minimum absolute atomic E-state index is 0.127. The highest BCUT2D eigenvalue weighted by Gasteiger charge is 2.40. The fourth-order valence-corrected chi connectivity index (χ4v) is 3.43. The van der Waals surface area contributed by atoms with E-state index in [1.165, 1.54) is 5.56 Å². The van der Waals surface area contributed by atoms with Gasteiger partial charge in [0.05, 0.1) is 17.8 Å². The highest BCUT2D eigenvalue weighted by atomic mass is 16.5. The van der Waals surface area contributed by atoms with Crippen molar-refractivity contribution in [2.24, 2.45) is 0 Å². The molecule has 5 nitrogen and oxygen atoms in total. The topological polar surface area (TPSA) is 70.0 Å². The Balaban J connectivity index is 1.65. The van der Waals surface area contributed by atoms with Gasteiger partial charge >= 0.3 is 0 Å². The zero-order chi connectivity index (χ0) is 19.3. The molecule has 1 aliphatic heterocycles. The van der Waals surface area contributed by atoms with Gasteiger partial charge in [-0.2, -0.15) is 0 Å². The number of hydrogen-bond donors (Lipinski definition) is 2. The van der Waals surface area contributed by atoms with Gasteiger partial charge in [-0.3, -0.25) is 4.79 Å². The standard InChI is InChI=1S/C22H27NO4/c1-2-22(26)13-14-23(16-20(22)24)21(25)18-10-6-7-11-19(18)27-15-12-17-8-4-3-5-9-17/h3-11,20,24,26H,2,12-16H2,1H3. The SMILES string of the molecule is CCC1(O)CCN(C(=O)c2ccccc2OCCc2ccccc2)CC1O. The van der Waals surface area contributed by atoms with Crippen LogP contribution < -0.4 is 4.74 Å². The molecule has 0 spiro atoms. The van der Waals surface area contributed by atoms with Gasteiger partial charge in [-0.05, 0) is 30.5 Å². The summed E-state index contributed by atoms with van der Waals surface area (Å²) in [6, 6.07) is 17.2. The van der Waals surface area contributed by atoms with E-state index in [1.54, 1.807) is 23.1 Å². The minimum atomic E-state index is -1.11. The molecule has 3 rings (SSSR count). The highest BCUT2D eigenvalue weighted by Crippen LogP contribution is 2.28. The van der Waals surface area contributed by atoms with Crippen molar-refractivity contribution in [3.63, 3.8) is 0 Å². The molecule has 27 heavy (non-hydrogen) atoms. The Bertz CT molecular complexity index is 764. The Hall–Kier alpha value is -2.37. The first-order valence-corrected chi connectivity index (χ1v) is 9.49. The van der Waals surface area contributed by atoms with Crippen molar-refractivity contribution >= 4 is 5.91 Å². The average Bonchev–Trinajstić information content (AvgIpc) is 2.71. The molecule has 2 aromatic rings. The Morgan fingerprint density at radius 1 is 1.19 bits per heavy atom. The van der Waals surface area contributed by atoms with Crippen LogP contribution >= 0.6 is 0 Å². The zero-order valence-corrected chi connectivity index (χ0v) is 15.7. The van der Waals surface area contributed by atoms with E-state index in [-0.39, 0.29) is 12.5 Å². The Kier molecular flexibility index (Phi) is 6.14. The number of para-hydroxylation sites is 1. The van der Waals surface area contributed by atoms with Gasteiger partial charge in [0, 0.05) is 19.5 Å². The first kappa shape index (κ1) is 19.4. The van der Waals surface area contributed by atoms with Crippen molar-refractivity contribution in [3.8, 4) is 5.75 Å². The van der Waals surface area contributed by atoms with E-state index in [0.717, 1.165) is 6.42 Å². The number of hydrogen-bond acceptors (Lipinski definition) is 4. The van der Waals surface area contributed by atoms with E-state index in [4.69, 9.17) is 4.74 Å². The van der Waals surface area contributed by atoms with Gasteiger partial charge in [0.1, 0.15) is 11.9 Å². The Morgan fingerprint density at radius 2 is 1.89 bits per heavy atom. The van der Waals surface area contributed by atoms with Crippen molar-refractivity contribution in [2.75, 3.05) is 19.7 Å². The molecule has 1 heterocycles. The van der Waals surface area contributed by atoms with Gasteiger partial charge < -0.3 is 19.8 Å². The third-order valence-corrected chi connectivity index (χ3v) is 5.34. The summed E-state index contributed by atoms with van der Waals surface area (Å²) in [5.41, 5.74) is 0.557. The summed E-state index contributed by atoms with van der Waals surface area (Å²) < 4.78 is 5.88. The van der Waals surface area contributed by atoms with E-state index in [1.807, 2.05) is 43.3 Å². The van der Waals surface area contributed by atoms with Crippen LogP contribution in [0, 0.1) is 0 Å². The van der Waals surface area contributed by atoms with Crippen LogP contribution in [0.3, 0.4) is 0 Å². The number of aliphatic hydroxyl groups is 2. The second-order valence-electron chi connectivity index (χ2n) is 7.05. The molecule has 1 aliphatic rings. The molecule has 0 bridgehead atoms. The number of β-amino-alcohol motifs (C(OH)–C–C–N with tert-alkyl or cyclic N) is 1. The summed E-state index contributed by atoms with van der Waals surface area (Å²) in [4.78, 5) is 14.5. The number of amides is 1. The van der Waals surface area contributed by atoms with Crippen LogP contribution in [0.15, 0.2) is 54.6 Å². The smallest absolute Gasteiger partial charge is 0.257 e. The van der Waals surface area contributed by atoms with Crippen LogP contribution in [-0.4, -0.2) is 52.4 Å². The number of piperidine rings is 1. The van der Waals surface area contributed by atoms with Crippen LogP contribution in [-0.2, 0) is 6.42 Å².